The molecule has 1 heterocycles. The van der Waals surface area contributed by atoms with Gasteiger partial charge in [-0.05, 0) is 19.8 Å². The highest BCUT2D eigenvalue weighted by Gasteiger charge is 2.06. The van der Waals surface area contributed by atoms with Crippen LogP contribution in [-0.4, -0.2) is 56.8 Å². The first-order chi connectivity index (χ1) is 11.0. The van der Waals surface area contributed by atoms with Crippen molar-refractivity contribution in [3.8, 4) is 0 Å². The number of rotatable bonds is 11. The fraction of sp³-hybridized carbons (Fsp3) is 0.692. The van der Waals surface area contributed by atoms with E-state index >= 15 is 0 Å². The number of carbonyl (C=O) groups excluding carboxylic acids is 1. The third kappa shape index (κ3) is 8.53. The van der Waals surface area contributed by atoms with Crippen molar-refractivity contribution in [1.29, 1.82) is 0 Å². The number of ether oxygens (including phenoxy) is 1. The van der Waals surface area contributed by atoms with Gasteiger partial charge in [-0.15, -0.1) is 0 Å². The second kappa shape index (κ2) is 10.2. The third-order valence-corrected chi connectivity index (χ3v) is 4.36. The Morgan fingerprint density at radius 2 is 2.13 bits per heavy atom. The van der Waals surface area contributed by atoms with Crippen molar-refractivity contribution in [2.75, 3.05) is 37.9 Å². The molecule has 132 valence electrons. The first-order valence-electron chi connectivity index (χ1n) is 7.51. The first-order valence-corrected chi connectivity index (χ1v) is 9.16. The van der Waals surface area contributed by atoms with Gasteiger partial charge in [-0.1, -0.05) is 0 Å². The minimum atomic E-state index is -3.18. The fourth-order valence-electron chi connectivity index (χ4n) is 1.70. The van der Waals surface area contributed by atoms with E-state index in [0.717, 1.165) is 6.42 Å². The molecule has 1 aromatic heterocycles. The number of carbonyl (C=O) groups is 1. The van der Waals surface area contributed by atoms with Crippen LogP contribution < -0.4 is 15.4 Å². The van der Waals surface area contributed by atoms with E-state index in [2.05, 4.69) is 20.5 Å². The molecular weight excluding hydrogens is 322 g/mol. The van der Waals surface area contributed by atoms with E-state index in [-0.39, 0.29) is 11.8 Å². The summed E-state index contributed by atoms with van der Waals surface area (Å²) in [5, 5.41) is 9.47. The number of methoxy groups -OCH3 is 1. The molecule has 1 aromatic rings. The van der Waals surface area contributed by atoms with Crippen LogP contribution in [0.1, 0.15) is 19.8 Å². The van der Waals surface area contributed by atoms with Crippen molar-refractivity contribution >= 4 is 21.9 Å². The van der Waals surface area contributed by atoms with Gasteiger partial charge < -0.3 is 10.1 Å². The van der Waals surface area contributed by atoms with Crippen molar-refractivity contribution < 1.29 is 17.9 Å². The Kier molecular flexibility index (Phi) is 8.59. The number of hydrogen-bond acceptors (Lipinski definition) is 5. The van der Waals surface area contributed by atoms with Crippen molar-refractivity contribution in [2.24, 2.45) is 0 Å². The molecule has 0 aromatic carbocycles. The summed E-state index contributed by atoms with van der Waals surface area (Å²) in [7, 11) is -1.53. The summed E-state index contributed by atoms with van der Waals surface area (Å²) in [5.41, 5.74) is 0. The lowest BCUT2D eigenvalue weighted by atomic mass is 10.4. The average molecular weight is 347 g/mol. The molecule has 0 atom stereocenters. The molecule has 0 aliphatic carbocycles. The number of urea groups is 1. The lowest BCUT2D eigenvalue weighted by molar-refractivity contribution is 0.189. The highest BCUT2D eigenvalue weighted by atomic mass is 32.2. The second-order valence-electron chi connectivity index (χ2n) is 4.84. The van der Waals surface area contributed by atoms with Gasteiger partial charge in [0.25, 0.3) is 0 Å². The highest BCUT2D eigenvalue weighted by Crippen LogP contribution is 2.02. The maximum atomic E-state index is 11.7. The summed E-state index contributed by atoms with van der Waals surface area (Å²) in [4.78, 5) is 11.7. The quantitative estimate of drug-likeness (QED) is 0.500. The summed E-state index contributed by atoms with van der Waals surface area (Å²) >= 11 is 0. The lowest BCUT2D eigenvalue weighted by Crippen LogP contribution is -2.33. The summed E-state index contributed by atoms with van der Waals surface area (Å²) < 4.78 is 31.5. The molecule has 0 saturated carbocycles. The largest absolute Gasteiger partial charge is 0.385 e. The van der Waals surface area contributed by atoms with Crippen LogP contribution >= 0.6 is 0 Å². The molecule has 0 radical (unpaired) electrons. The zero-order chi connectivity index (χ0) is 17.1. The maximum Gasteiger partial charge on any atom is 0.320 e. The summed E-state index contributed by atoms with van der Waals surface area (Å²) in [6, 6.07) is 1.34. The Balaban J connectivity index is 2.19. The maximum absolute atomic E-state index is 11.7. The molecule has 0 fully saturated rings. The van der Waals surface area contributed by atoms with E-state index < -0.39 is 10.0 Å². The average Bonchev–Trinajstić information content (AvgIpc) is 2.94. The van der Waals surface area contributed by atoms with E-state index in [0.29, 0.717) is 38.5 Å². The minimum absolute atomic E-state index is 0.0496. The molecule has 0 unspecified atom stereocenters. The number of aryl methyl sites for hydroxylation is 1. The van der Waals surface area contributed by atoms with Crippen LogP contribution in [0, 0.1) is 0 Å². The summed E-state index contributed by atoms with van der Waals surface area (Å²) in [6.45, 7) is 3.61. The number of anilines is 1. The predicted octanol–water partition coefficient (Wildman–Crippen LogP) is 0.370. The molecule has 0 bridgehead atoms. The molecule has 9 nitrogen and oxygen atoms in total. The Bertz CT molecular complexity index is 573. The van der Waals surface area contributed by atoms with E-state index in [1.807, 2.05) is 0 Å². The van der Waals surface area contributed by atoms with Crippen molar-refractivity contribution in [2.45, 2.75) is 26.3 Å². The Morgan fingerprint density at radius 1 is 1.35 bits per heavy atom. The van der Waals surface area contributed by atoms with Crippen LogP contribution in [0.5, 0.6) is 0 Å². The second-order valence-corrected chi connectivity index (χ2v) is 6.94. The first kappa shape index (κ1) is 19.4. The minimum Gasteiger partial charge on any atom is -0.385 e. The van der Waals surface area contributed by atoms with Crippen LogP contribution in [0.15, 0.2) is 12.3 Å². The van der Waals surface area contributed by atoms with Crippen LogP contribution in [0.3, 0.4) is 0 Å². The topological polar surface area (TPSA) is 114 Å². The van der Waals surface area contributed by atoms with Gasteiger partial charge in [0.1, 0.15) is 0 Å². The zero-order valence-electron chi connectivity index (χ0n) is 13.5. The molecule has 3 N–H and O–H groups in total. The van der Waals surface area contributed by atoms with Gasteiger partial charge in [0.15, 0.2) is 5.82 Å². The van der Waals surface area contributed by atoms with Crippen molar-refractivity contribution in [3.63, 3.8) is 0 Å². The molecule has 0 aliphatic rings. The highest BCUT2D eigenvalue weighted by molar-refractivity contribution is 7.89. The molecule has 2 amide bonds. The number of sulfonamides is 1. The summed E-state index contributed by atoms with van der Waals surface area (Å²) in [6.07, 6.45) is 3.14. The van der Waals surface area contributed by atoms with E-state index in [4.69, 9.17) is 4.74 Å². The van der Waals surface area contributed by atoms with Crippen LogP contribution in [0.25, 0.3) is 0 Å². The van der Waals surface area contributed by atoms with Gasteiger partial charge in [0.05, 0.1) is 5.75 Å². The number of nitrogens with one attached hydrogen (secondary N) is 3. The monoisotopic (exact) mass is 347 g/mol. The number of hydrogen-bond donors (Lipinski definition) is 3. The summed E-state index contributed by atoms with van der Waals surface area (Å²) in [5.74, 6) is 0.514. The Hall–Kier alpha value is -1.65. The SMILES string of the molecule is CCS(=O)(=O)NCCCNC(=O)Nc1ccn(CCCOC)n1. The van der Waals surface area contributed by atoms with Crippen molar-refractivity contribution in [1.82, 2.24) is 19.8 Å². The van der Waals surface area contributed by atoms with Gasteiger partial charge in [0, 0.05) is 45.6 Å². The van der Waals surface area contributed by atoms with E-state index in [1.165, 1.54) is 0 Å². The third-order valence-electron chi connectivity index (χ3n) is 2.96. The van der Waals surface area contributed by atoms with Crippen LogP contribution in [0.4, 0.5) is 10.6 Å². The van der Waals surface area contributed by atoms with E-state index in [1.54, 1.807) is 31.0 Å². The van der Waals surface area contributed by atoms with Gasteiger partial charge in [-0.3, -0.25) is 10.00 Å². The number of nitrogens with zero attached hydrogens (tertiary/aromatic N) is 2. The molecule has 1 rings (SSSR count). The normalized spacial score (nSPS) is 11.4. The van der Waals surface area contributed by atoms with Crippen LogP contribution in [-0.2, 0) is 21.3 Å². The Labute approximate surface area is 136 Å². The zero-order valence-corrected chi connectivity index (χ0v) is 14.4. The molecule has 0 saturated heterocycles. The standard InChI is InChI=1S/C13H25N5O4S/c1-3-23(20,21)15-8-4-7-14-13(19)16-12-6-10-18(17-12)9-5-11-22-2/h6,10,15H,3-5,7-9,11H2,1-2H3,(H2,14,16,17,19). The Morgan fingerprint density at radius 3 is 2.83 bits per heavy atom. The fourth-order valence-corrected chi connectivity index (χ4v) is 2.36. The molecule has 0 spiro atoms. The molecule has 0 aliphatic heterocycles. The van der Waals surface area contributed by atoms with Gasteiger partial charge in [-0.25, -0.2) is 17.9 Å². The molecule has 10 heteroatoms. The van der Waals surface area contributed by atoms with E-state index in [9.17, 15) is 13.2 Å². The molecule has 23 heavy (non-hydrogen) atoms. The molecular formula is C13H25N5O4S. The number of aromatic nitrogens is 2. The van der Waals surface area contributed by atoms with Gasteiger partial charge >= 0.3 is 6.03 Å². The van der Waals surface area contributed by atoms with Crippen molar-refractivity contribution in [3.05, 3.63) is 12.3 Å². The number of amides is 2. The lowest BCUT2D eigenvalue weighted by Gasteiger charge is -2.06. The van der Waals surface area contributed by atoms with Gasteiger partial charge in [0.2, 0.25) is 10.0 Å². The van der Waals surface area contributed by atoms with Gasteiger partial charge in [-0.2, -0.15) is 5.10 Å². The predicted molar refractivity (Wildman–Crippen MR) is 87.8 cm³/mol. The van der Waals surface area contributed by atoms with Crippen LogP contribution in [0.2, 0.25) is 0 Å². The smallest absolute Gasteiger partial charge is 0.320 e.